The van der Waals surface area contributed by atoms with Crippen LogP contribution >= 0.6 is 0 Å². The number of aliphatic carboxylic acids is 1. The minimum absolute atomic E-state index is 0.101. The van der Waals surface area contributed by atoms with Crippen LogP contribution in [0.4, 0.5) is 0 Å². The third kappa shape index (κ3) is 6.48. The van der Waals surface area contributed by atoms with Gasteiger partial charge in [0.2, 0.25) is 0 Å². The van der Waals surface area contributed by atoms with Crippen LogP contribution in [0.25, 0.3) is 0 Å². The molecule has 0 heterocycles. The molecule has 0 saturated carbocycles. The molecule has 0 aliphatic heterocycles. The highest BCUT2D eigenvalue weighted by Gasteiger charge is 2.33. The number of carbonyl (C=O) groups is 1. The smallest absolute Gasteiger partial charge is 0.322 e. The Morgan fingerprint density at radius 3 is 2.07 bits per heavy atom. The van der Waals surface area contributed by atoms with Crippen LogP contribution in [0, 0.1) is 0 Å². The summed E-state index contributed by atoms with van der Waals surface area (Å²) in [5, 5.41) is 8.10. The Morgan fingerprint density at radius 2 is 1.46 bits per heavy atom. The summed E-state index contributed by atoms with van der Waals surface area (Å²) in [5.74, 6) is -1.26. The molecule has 1 N–H and O–H groups in total. The van der Waals surface area contributed by atoms with Gasteiger partial charge in [0.15, 0.2) is 15.1 Å². The Balaban J connectivity index is 1.86. The molecule has 0 amide bonds. The number of aryl methyl sites for hydroxylation is 2. The summed E-state index contributed by atoms with van der Waals surface area (Å²) < 4.78 is 25.5. The molecule has 2 rings (SSSR count). The number of carboxylic acid groups (broad SMARTS) is 1. The van der Waals surface area contributed by atoms with Crippen LogP contribution < -0.4 is 0 Å². The normalized spacial score (nSPS) is 12.6. The topological polar surface area (TPSA) is 71.4 Å². The Hall–Kier alpha value is -2.14. The van der Waals surface area contributed by atoms with Crippen molar-refractivity contribution in [1.82, 2.24) is 0 Å². The molecule has 1 atom stereocenters. The van der Waals surface area contributed by atoms with Crippen LogP contribution in [-0.4, -0.2) is 24.7 Å². The summed E-state index contributed by atoms with van der Waals surface area (Å²) in [6, 6.07) is 16.9. The summed E-state index contributed by atoms with van der Waals surface area (Å²) in [6.07, 6.45) is 6.42. The highest BCUT2D eigenvalue weighted by molar-refractivity contribution is 7.92. The first-order chi connectivity index (χ1) is 13.4. The molecule has 0 radical (unpaired) electrons. The van der Waals surface area contributed by atoms with Gasteiger partial charge in [-0.2, -0.15) is 0 Å². The molecule has 0 aliphatic rings. The molecule has 2 aromatic carbocycles. The van der Waals surface area contributed by atoms with Crippen molar-refractivity contribution in [3.05, 3.63) is 65.7 Å². The lowest BCUT2D eigenvalue weighted by Gasteiger charge is -2.14. The van der Waals surface area contributed by atoms with Crippen molar-refractivity contribution >= 4 is 15.8 Å². The number of sulfone groups is 1. The maximum absolute atomic E-state index is 12.8. The molecule has 0 aliphatic carbocycles. The molecule has 0 saturated heterocycles. The molecule has 0 aromatic heterocycles. The van der Waals surface area contributed by atoms with Gasteiger partial charge in [-0.3, -0.25) is 4.79 Å². The molecule has 0 bridgehead atoms. The van der Waals surface area contributed by atoms with E-state index in [0.29, 0.717) is 6.42 Å². The molecule has 5 heteroatoms. The summed E-state index contributed by atoms with van der Waals surface area (Å²) in [5.41, 5.74) is 2.35. The quantitative estimate of drug-likeness (QED) is 0.504. The largest absolute Gasteiger partial charge is 0.480 e. The number of unbranched alkanes of at least 4 members (excludes halogenated alkanes) is 3. The summed E-state index contributed by atoms with van der Waals surface area (Å²) in [6.45, 7) is 2.06. The first kappa shape index (κ1) is 22.2. The molecule has 4 nitrogen and oxygen atoms in total. The van der Waals surface area contributed by atoms with Gasteiger partial charge >= 0.3 is 5.97 Å². The summed E-state index contributed by atoms with van der Waals surface area (Å²) >= 11 is 0. The number of rotatable bonds is 12. The zero-order valence-electron chi connectivity index (χ0n) is 16.5. The second kappa shape index (κ2) is 11.0. The second-order valence-electron chi connectivity index (χ2n) is 7.20. The fraction of sp³-hybridized carbons (Fsp3) is 0.435. The van der Waals surface area contributed by atoms with Gasteiger partial charge in [-0.1, -0.05) is 75.1 Å². The van der Waals surface area contributed by atoms with Gasteiger partial charge in [0.1, 0.15) is 0 Å². The van der Waals surface area contributed by atoms with E-state index in [1.807, 2.05) is 18.2 Å². The first-order valence-corrected chi connectivity index (χ1v) is 11.6. The van der Waals surface area contributed by atoms with Crippen molar-refractivity contribution in [2.24, 2.45) is 0 Å². The van der Waals surface area contributed by atoms with E-state index in [1.54, 1.807) is 12.1 Å². The van der Waals surface area contributed by atoms with Crippen molar-refractivity contribution in [3.8, 4) is 0 Å². The first-order valence-electron chi connectivity index (χ1n) is 10.0. The minimum Gasteiger partial charge on any atom is -0.480 e. The lowest BCUT2D eigenvalue weighted by molar-refractivity contribution is -0.136. The summed E-state index contributed by atoms with van der Waals surface area (Å²) in [4.78, 5) is 11.7. The monoisotopic (exact) mass is 402 g/mol. The third-order valence-corrected chi connectivity index (χ3v) is 7.08. The Bertz CT molecular complexity index is 827. The van der Waals surface area contributed by atoms with Crippen LogP contribution in [-0.2, 0) is 27.5 Å². The van der Waals surface area contributed by atoms with Crippen LogP contribution in [0.15, 0.2) is 59.5 Å². The van der Waals surface area contributed by atoms with Gasteiger partial charge in [0.05, 0.1) is 4.90 Å². The number of benzene rings is 2. The molecular formula is C23H30O4S. The highest BCUT2D eigenvalue weighted by Crippen LogP contribution is 2.22. The van der Waals surface area contributed by atoms with Crippen molar-refractivity contribution < 1.29 is 18.3 Å². The fourth-order valence-corrected chi connectivity index (χ4v) is 4.95. The maximum atomic E-state index is 12.8. The predicted molar refractivity (Wildman–Crippen MR) is 112 cm³/mol. The Kier molecular flexibility index (Phi) is 8.71. The number of carboxylic acids is 1. The Labute approximate surface area is 168 Å². The second-order valence-corrected chi connectivity index (χ2v) is 9.33. The van der Waals surface area contributed by atoms with Crippen LogP contribution in [0.5, 0.6) is 0 Å². The number of hydrogen-bond acceptors (Lipinski definition) is 3. The van der Waals surface area contributed by atoms with Crippen LogP contribution in [0.1, 0.15) is 56.6 Å². The van der Waals surface area contributed by atoms with Gasteiger partial charge in [0, 0.05) is 0 Å². The highest BCUT2D eigenvalue weighted by atomic mass is 32.2. The zero-order chi connectivity index (χ0) is 20.4. The summed E-state index contributed by atoms with van der Waals surface area (Å²) in [7, 11) is -3.87. The van der Waals surface area contributed by atoms with Crippen molar-refractivity contribution in [2.75, 3.05) is 0 Å². The molecule has 28 heavy (non-hydrogen) atoms. The molecule has 2 aromatic rings. The molecule has 152 valence electrons. The fourth-order valence-electron chi connectivity index (χ4n) is 3.37. The predicted octanol–water partition coefficient (Wildman–Crippen LogP) is 5.06. The molecule has 0 fully saturated rings. The SMILES string of the molecule is CCCc1ccc(S(=O)(=O)C(CCCCCCc2ccccc2)C(=O)O)cc1. The maximum Gasteiger partial charge on any atom is 0.322 e. The average molecular weight is 403 g/mol. The molecular weight excluding hydrogens is 372 g/mol. The van der Waals surface area contributed by atoms with E-state index in [4.69, 9.17) is 0 Å². The van der Waals surface area contributed by atoms with Gasteiger partial charge in [0.25, 0.3) is 0 Å². The molecule has 1 unspecified atom stereocenters. The van der Waals surface area contributed by atoms with E-state index < -0.39 is 21.1 Å². The van der Waals surface area contributed by atoms with Gasteiger partial charge in [-0.05, 0) is 48.9 Å². The van der Waals surface area contributed by atoms with Gasteiger partial charge in [-0.25, -0.2) is 8.42 Å². The van der Waals surface area contributed by atoms with Crippen molar-refractivity contribution in [1.29, 1.82) is 0 Å². The Morgan fingerprint density at radius 1 is 0.857 bits per heavy atom. The van der Waals surface area contributed by atoms with E-state index in [1.165, 1.54) is 17.7 Å². The third-order valence-electron chi connectivity index (χ3n) is 4.97. The van der Waals surface area contributed by atoms with Crippen LogP contribution in [0.3, 0.4) is 0 Å². The standard InChI is InChI=1S/C23H30O4S/c1-2-10-19-15-17-21(18-16-19)28(26,27)22(23(24)25)14-9-4-3-6-11-20-12-7-5-8-13-20/h5,7-8,12-13,15-18,22H,2-4,6,9-11,14H2,1H3,(H,24,25). The van der Waals surface area contributed by atoms with Gasteiger partial charge < -0.3 is 5.11 Å². The van der Waals surface area contributed by atoms with E-state index in [9.17, 15) is 18.3 Å². The van der Waals surface area contributed by atoms with E-state index in [-0.39, 0.29) is 11.3 Å². The minimum atomic E-state index is -3.87. The van der Waals surface area contributed by atoms with Crippen molar-refractivity contribution in [2.45, 2.75) is 68.4 Å². The lowest BCUT2D eigenvalue weighted by Crippen LogP contribution is -2.30. The van der Waals surface area contributed by atoms with Crippen LogP contribution in [0.2, 0.25) is 0 Å². The van der Waals surface area contributed by atoms with Crippen molar-refractivity contribution in [3.63, 3.8) is 0 Å². The van der Waals surface area contributed by atoms with Gasteiger partial charge in [-0.15, -0.1) is 0 Å². The van der Waals surface area contributed by atoms with E-state index >= 15 is 0 Å². The number of hydrogen-bond donors (Lipinski definition) is 1. The average Bonchev–Trinajstić information content (AvgIpc) is 2.68. The lowest BCUT2D eigenvalue weighted by atomic mass is 10.0. The van der Waals surface area contributed by atoms with E-state index in [0.717, 1.165) is 44.1 Å². The molecule has 0 spiro atoms. The van der Waals surface area contributed by atoms with E-state index in [2.05, 4.69) is 19.1 Å². The zero-order valence-corrected chi connectivity index (χ0v) is 17.3.